The molecule has 2 fully saturated rings. The van der Waals surface area contributed by atoms with E-state index in [9.17, 15) is 14.7 Å². The van der Waals surface area contributed by atoms with Gasteiger partial charge in [-0.2, -0.15) is 0 Å². The van der Waals surface area contributed by atoms with Gasteiger partial charge in [0.1, 0.15) is 6.04 Å². The molecule has 1 heterocycles. The highest BCUT2D eigenvalue weighted by atomic mass is 16.5. The summed E-state index contributed by atoms with van der Waals surface area (Å²) in [6, 6.07) is -0.598. The third-order valence-corrected chi connectivity index (χ3v) is 4.01. The Morgan fingerprint density at radius 1 is 1.33 bits per heavy atom. The van der Waals surface area contributed by atoms with Gasteiger partial charge in [0, 0.05) is 19.4 Å². The van der Waals surface area contributed by atoms with E-state index in [-0.39, 0.29) is 12.5 Å². The molecule has 102 valence electrons. The smallest absolute Gasteiger partial charge is 0.328 e. The van der Waals surface area contributed by atoms with E-state index in [4.69, 9.17) is 0 Å². The maximum Gasteiger partial charge on any atom is 0.328 e. The Hall–Kier alpha value is -1.10. The molecule has 2 atom stereocenters. The van der Waals surface area contributed by atoms with Crippen molar-refractivity contribution in [3.63, 3.8) is 0 Å². The molecule has 0 aromatic heterocycles. The zero-order valence-electron chi connectivity index (χ0n) is 10.8. The van der Waals surface area contributed by atoms with Crippen molar-refractivity contribution in [1.82, 2.24) is 4.90 Å². The van der Waals surface area contributed by atoms with E-state index in [1.807, 2.05) is 0 Å². The molecule has 2 unspecified atom stereocenters. The third-order valence-electron chi connectivity index (χ3n) is 4.01. The molecule has 2 rings (SSSR count). The largest absolute Gasteiger partial charge is 0.467 e. The molecule has 5 heteroatoms. The van der Waals surface area contributed by atoms with E-state index in [2.05, 4.69) is 4.74 Å². The number of hydrogen-bond donors (Lipinski definition) is 1. The van der Waals surface area contributed by atoms with Gasteiger partial charge in [0.15, 0.2) is 0 Å². The number of amides is 1. The number of esters is 1. The van der Waals surface area contributed by atoms with Crippen LogP contribution in [-0.4, -0.2) is 47.7 Å². The van der Waals surface area contributed by atoms with Gasteiger partial charge in [-0.3, -0.25) is 4.79 Å². The zero-order chi connectivity index (χ0) is 13.1. The van der Waals surface area contributed by atoms with Crippen LogP contribution in [0.3, 0.4) is 0 Å². The first kappa shape index (κ1) is 13.3. The number of carbonyl (C=O) groups is 2. The minimum absolute atomic E-state index is 0.0196. The van der Waals surface area contributed by atoms with E-state index in [1.54, 1.807) is 0 Å². The molecule has 0 aromatic carbocycles. The standard InChI is InChI=1S/C13H21NO4/c1-18-13(17)11-7-10(15)8-14(11)12(16)6-9-4-2-3-5-9/h9-11,15H,2-8H2,1H3. The normalized spacial score (nSPS) is 28.7. The molecular formula is C13H21NO4. The number of ether oxygens (including phenoxy) is 1. The first-order valence-corrected chi connectivity index (χ1v) is 6.67. The second-order valence-corrected chi connectivity index (χ2v) is 5.33. The van der Waals surface area contributed by atoms with Crippen LogP contribution in [0.25, 0.3) is 0 Å². The fraction of sp³-hybridized carbons (Fsp3) is 0.846. The van der Waals surface area contributed by atoms with Crippen LogP contribution in [0.5, 0.6) is 0 Å². The summed E-state index contributed by atoms with van der Waals surface area (Å²) in [6.07, 6.45) is 4.78. The van der Waals surface area contributed by atoms with Gasteiger partial charge in [-0.1, -0.05) is 12.8 Å². The van der Waals surface area contributed by atoms with Crippen LogP contribution in [0, 0.1) is 5.92 Å². The summed E-state index contributed by atoms with van der Waals surface area (Å²) in [5.41, 5.74) is 0. The molecule has 0 aromatic rings. The Labute approximate surface area is 107 Å². The van der Waals surface area contributed by atoms with Gasteiger partial charge in [-0.15, -0.1) is 0 Å². The highest BCUT2D eigenvalue weighted by Crippen LogP contribution is 2.29. The van der Waals surface area contributed by atoms with E-state index < -0.39 is 18.1 Å². The second kappa shape index (κ2) is 5.69. The summed E-state index contributed by atoms with van der Waals surface area (Å²) in [7, 11) is 1.31. The predicted octanol–water partition coefficient (Wildman–Crippen LogP) is 0.701. The van der Waals surface area contributed by atoms with Crippen LogP contribution >= 0.6 is 0 Å². The lowest BCUT2D eigenvalue weighted by Crippen LogP contribution is -2.41. The lowest BCUT2D eigenvalue weighted by molar-refractivity contribution is -0.151. The van der Waals surface area contributed by atoms with E-state index >= 15 is 0 Å². The van der Waals surface area contributed by atoms with Crippen molar-refractivity contribution in [2.24, 2.45) is 5.92 Å². The molecule has 1 N–H and O–H groups in total. The van der Waals surface area contributed by atoms with Crippen LogP contribution in [0.1, 0.15) is 38.5 Å². The maximum atomic E-state index is 12.2. The number of likely N-dealkylation sites (tertiary alicyclic amines) is 1. The van der Waals surface area contributed by atoms with E-state index in [0.29, 0.717) is 18.8 Å². The van der Waals surface area contributed by atoms with E-state index in [0.717, 1.165) is 12.8 Å². The number of β-amino-alcohol motifs (C(OH)–C–C–N with tert-alkyl or cyclic N) is 1. The molecule has 1 saturated carbocycles. The van der Waals surface area contributed by atoms with Crippen molar-refractivity contribution in [2.75, 3.05) is 13.7 Å². The number of aliphatic hydroxyl groups is 1. The third kappa shape index (κ3) is 2.83. The summed E-state index contributed by atoms with van der Waals surface area (Å²) in [5.74, 6) is 0.00807. The van der Waals surface area contributed by atoms with Crippen molar-refractivity contribution in [3.8, 4) is 0 Å². The fourth-order valence-electron chi connectivity index (χ4n) is 3.03. The van der Waals surface area contributed by atoms with Gasteiger partial charge in [-0.25, -0.2) is 4.79 Å². The Bertz CT molecular complexity index is 325. The number of rotatable bonds is 3. The van der Waals surface area contributed by atoms with Crippen molar-refractivity contribution >= 4 is 11.9 Å². The first-order chi connectivity index (χ1) is 8.61. The van der Waals surface area contributed by atoms with Crippen LogP contribution in [0.15, 0.2) is 0 Å². The Morgan fingerprint density at radius 3 is 2.61 bits per heavy atom. The number of nitrogens with zero attached hydrogens (tertiary/aromatic N) is 1. The highest BCUT2D eigenvalue weighted by molar-refractivity contribution is 5.85. The lowest BCUT2D eigenvalue weighted by Gasteiger charge is -2.23. The molecule has 1 aliphatic carbocycles. The summed E-state index contributed by atoms with van der Waals surface area (Å²) >= 11 is 0. The molecule has 0 spiro atoms. The average Bonchev–Trinajstić information content (AvgIpc) is 2.97. The highest BCUT2D eigenvalue weighted by Gasteiger charge is 2.40. The summed E-state index contributed by atoms with van der Waals surface area (Å²) in [4.78, 5) is 25.3. The van der Waals surface area contributed by atoms with Crippen molar-refractivity contribution in [2.45, 2.75) is 50.7 Å². The van der Waals surface area contributed by atoms with Gasteiger partial charge in [0.05, 0.1) is 13.2 Å². The monoisotopic (exact) mass is 255 g/mol. The second-order valence-electron chi connectivity index (χ2n) is 5.33. The Kier molecular flexibility index (Phi) is 4.22. The van der Waals surface area contributed by atoms with Crippen molar-refractivity contribution < 1.29 is 19.4 Å². The fourth-order valence-corrected chi connectivity index (χ4v) is 3.03. The topological polar surface area (TPSA) is 66.8 Å². The van der Waals surface area contributed by atoms with Crippen molar-refractivity contribution in [3.05, 3.63) is 0 Å². The van der Waals surface area contributed by atoms with Crippen LogP contribution in [-0.2, 0) is 14.3 Å². The summed E-state index contributed by atoms with van der Waals surface area (Å²) < 4.78 is 4.69. The minimum atomic E-state index is -0.610. The Morgan fingerprint density at radius 2 is 2.00 bits per heavy atom. The van der Waals surface area contributed by atoms with Gasteiger partial charge >= 0.3 is 5.97 Å². The number of carbonyl (C=O) groups excluding carboxylic acids is 2. The number of hydrogen-bond acceptors (Lipinski definition) is 4. The number of methoxy groups -OCH3 is 1. The molecule has 5 nitrogen and oxygen atoms in total. The maximum absolute atomic E-state index is 12.2. The molecule has 0 radical (unpaired) electrons. The summed E-state index contributed by atoms with van der Waals surface area (Å²) in [6.45, 7) is 0.255. The molecule has 2 aliphatic rings. The van der Waals surface area contributed by atoms with Crippen LogP contribution in [0.2, 0.25) is 0 Å². The number of aliphatic hydroxyl groups excluding tert-OH is 1. The lowest BCUT2D eigenvalue weighted by atomic mass is 10.0. The first-order valence-electron chi connectivity index (χ1n) is 6.67. The summed E-state index contributed by atoms with van der Waals surface area (Å²) in [5, 5.41) is 9.62. The zero-order valence-corrected chi connectivity index (χ0v) is 10.8. The van der Waals surface area contributed by atoms with Gasteiger partial charge in [0.25, 0.3) is 0 Å². The van der Waals surface area contributed by atoms with Gasteiger partial charge in [-0.05, 0) is 18.8 Å². The van der Waals surface area contributed by atoms with E-state index in [1.165, 1.54) is 24.9 Å². The minimum Gasteiger partial charge on any atom is -0.467 e. The molecule has 1 saturated heterocycles. The Balaban J connectivity index is 1.96. The predicted molar refractivity (Wildman–Crippen MR) is 64.7 cm³/mol. The molecule has 18 heavy (non-hydrogen) atoms. The van der Waals surface area contributed by atoms with Crippen molar-refractivity contribution in [1.29, 1.82) is 0 Å². The van der Waals surface area contributed by atoms with Crippen LogP contribution in [0.4, 0.5) is 0 Å². The molecule has 1 amide bonds. The molecular weight excluding hydrogens is 234 g/mol. The average molecular weight is 255 g/mol. The van der Waals surface area contributed by atoms with Crippen LogP contribution < -0.4 is 0 Å². The SMILES string of the molecule is COC(=O)C1CC(O)CN1C(=O)CC1CCCC1. The van der Waals surface area contributed by atoms with Gasteiger partial charge < -0.3 is 14.7 Å². The molecule has 1 aliphatic heterocycles. The quantitative estimate of drug-likeness (QED) is 0.754. The van der Waals surface area contributed by atoms with Gasteiger partial charge in [0.2, 0.25) is 5.91 Å². The molecule has 0 bridgehead atoms.